The fraction of sp³-hybridized carbons (Fsp3) is 0.300. The lowest BCUT2D eigenvalue weighted by molar-refractivity contribution is -0.138. The molecule has 0 bridgehead atoms. The minimum absolute atomic E-state index is 0.0370. The Morgan fingerprint density at radius 2 is 1.86 bits per heavy atom. The van der Waals surface area contributed by atoms with Gasteiger partial charge < -0.3 is 4.85 Å². The van der Waals surface area contributed by atoms with Crippen LogP contribution in [0, 0.1) is 6.57 Å². The van der Waals surface area contributed by atoms with E-state index in [0.29, 0.717) is 0 Å². The van der Waals surface area contributed by atoms with Gasteiger partial charge in [-0.05, 0) is 6.07 Å². The zero-order chi connectivity index (χ0) is 10.8. The van der Waals surface area contributed by atoms with E-state index in [0.717, 1.165) is 6.07 Å². The molecule has 1 rings (SSSR count). The van der Waals surface area contributed by atoms with Gasteiger partial charge in [0.15, 0.2) is 0 Å². The summed E-state index contributed by atoms with van der Waals surface area (Å²) < 4.78 is 37.3. The maximum absolute atomic E-state index is 12.4. The summed E-state index contributed by atoms with van der Waals surface area (Å²) in [4.78, 5) is 3.08. The van der Waals surface area contributed by atoms with Gasteiger partial charge in [-0.2, -0.15) is 13.2 Å². The molecule has 1 aromatic rings. The van der Waals surface area contributed by atoms with Crippen LogP contribution in [0.25, 0.3) is 4.85 Å². The molecule has 0 saturated heterocycles. The van der Waals surface area contributed by atoms with Crippen molar-refractivity contribution in [2.45, 2.75) is 19.1 Å². The number of hydrogen-bond acceptors (Lipinski definition) is 0. The molecule has 0 heterocycles. The Morgan fingerprint density at radius 1 is 1.29 bits per heavy atom. The molecule has 1 aromatic carbocycles. The molecular weight excluding hydrogens is 191 g/mol. The molecule has 0 amide bonds. The number of alkyl halides is 3. The van der Waals surface area contributed by atoms with Gasteiger partial charge in [0.1, 0.15) is 0 Å². The first-order chi connectivity index (χ1) is 6.46. The highest BCUT2D eigenvalue weighted by Gasteiger charge is 2.35. The van der Waals surface area contributed by atoms with Gasteiger partial charge in [-0.3, -0.25) is 0 Å². The number of nitrogens with zero attached hydrogens (tertiary/aromatic N) is 1. The molecule has 0 aliphatic carbocycles. The molecule has 14 heavy (non-hydrogen) atoms. The first kappa shape index (κ1) is 10.6. The van der Waals surface area contributed by atoms with Crippen molar-refractivity contribution in [2.75, 3.05) is 0 Å². The molecule has 1 unspecified atom stereocenters. The second-order valence-corrected chi connectivity index (χ2v) is 2.89. The zero-order valence-electron chi connectivity index (χ0n) is 7.47. The van der Waals surface area contributed by atoms with E-state index in [2.05, 4.69) is 4.85 Å². The summed E-state index contributed by atoms with van der Waals surface area (Å²) in [6, 6.07) is 4.41. The van der Waals surface area contributed by atoms with Gasteiger partial charge in [0.05, 0.1) is 5.56 Å². The topological polar surface area (TPSA) is 4.36 Å². The van der Waals surface area contributed by atoms with Crippen molar-refractivity contribution in [2.24, 2.45) is 0 Å². The molecule has 0 aliphatic rings. The van der Waals surface area contributed by atoms with Crippen LogP contribution >= 0.6 is 0 Å². The number of rotatable bonds is 1. The van der Waals surface area contributed by atoms with Crippen LogP contribution in [-0.4, -0.2) is 0 Å². The Balaban J connectivity index is 3.25. The maximum Gasteiger partial charge on any atom is 0.416 e. The van der Waals surface area contributed by atoms with Crippen molar-refractivity contribution >= 4 is 0 Å². The molecule has 0 radical (unpaired) electrons. The number of benzene rings is 1. The van der Waals surface area contributed by atoms with Gasteiger partial charge >= 0.3 is 6.18 Å². The van der Waals surface area contributed by atoms with E-state index < -0.39 is 17.8 Å². The predicted octanol–water partition coefficient (Wildman–Crippen LogP) is 3.69. The van der Waals surface area contributed by atoms with Crippen molar-refractivity contribution in [1.29, 1.82) is 0 Å². The third-order valence-electron chi connectivity index (χ3n) is 1.91. The Labute approximate surface area is 80.0 Å². The lowest BCUT2D eigenvalue weighted by Crippen LogP contribution is -2.09. The first-order valence-electron chi connectivity index (χ1n) is 3.99. The number of halogens is 3. The fourth-order valence-electron chi connectivity index (χ4n) is 1.19. The van der Waals surface area contributed by atoms with Crippen LogP contribution in [0.1, 0.15) is 24.1 Å². The largest absolute Gasteiger partial charge is 0.416 e. The Hall–Kier alpha value is -1.50. The molecule has 0 saturated carbocycles. The summed E-state index contributed by atoms with van der Waals surface area (Å²) in [6.07, 6.45) is -4.38. The third kappa shape index (κ3) is 2.05. The summed E-state index contributed by atoms with van der Waals surface area (Å²) in [5.41, 5.74) is -0.682. The highest BCUT2D eigenvalue weighted by Crippen LogP contribution is 2.35. The molecule has 0 N–H and O–H groups in total. The van der Waals surface area contributed by atoms with Gasteiger partial charge in [0.25, 0.3) is 0 Å². The summed E-state index contributed by atoms with van der Waals surface area (Å²) >= 11 is 0. The van der Waals surface area contributed by atoms with Crippen molar-refractivity contribution in [1.82, 2.24) is 0 Å². The standard InChI is InChI=1S/C10H8F3N/c1-7(14-2)8-5-3-4-6-9(8)10(11,12)13/h3-7H,1H3. The highest BCUT2D eigenvalue weighted by molar-refractivity contribution is 5.33. The summed E-state index contributed by atoms with van der Waals surface area (Å²) in [5, 5.41) is 0. The van der Waals surface area contributed by atoms with E-state index in [1.54, 1.807) is 0 Å². The van der Waals surface area contributed by atoms with Gasteiger partial charge in [-0.25, -0.2) is 6.57 Å². The van der Waals surface area contributed by atoms with Crippen LogP contribution in [0.4, 0.5) is 13.2 Å². The molecular formula is C10H8F3N. The van der Waals surface area contributed by atoms with Gasteiger partial charge in [0.2, 0.25) is 6.04 Å². The Morgan fingerprint density at radius 3 is 2.36 bits per heavy atom. The maximum atomic E-state index is 12.4. The van der Waals surface area contributed by atoms with E-state index in [-0.39, 0.29) is 5.56 Å². The molecule has 0 aromatic heterocycles. The minimum Gasteiger partial charge on any atom is -0.309 e. The summed E-state index contributed by atoms with van der Waals surface area (Å²) in [6.45, 7) is 8.16. The van der Waals surface area contributed by atoms with Crippen LogP contribution in [-0.2, 0) is 6.18 Å². The smallest absolute Gasteiger partial charge is 0.309 e. The zero-order valence-corrected chi connectivity index (χ0v) is 7.47. The minimum atomic E-state index is -4.38. The monoisotopic (exact) mass is 199 g/mol. The van der Waals surface area contributed by atoms with E-state index in [1.165, 1.54) is 25.1 Å². The number of hydrogen-bond donors (Lipinski definition) is 0. The molecule has 4 heteroatoms. The van der Waals surface area contributed by atoms with E-state index in [4.69, 9.17) is 6.57 Å². The van der Waals surface area contributed by atoms with Crippen LogP contribution in [0.3, 0.4) is 0 Å². The lowest BCUT2D eigenvalue weighted by Gasteiger charge is -2.11. The van der Waals surface area contributed by atoms with Gasteiger partial charge in [-0.1, -0.05) is 18.2 Å². The molecule has 0 aliphatic heterocycles. The van der Waals surface area contributed by atoms with E-state index in [9.17, 15) is 13.2 Å². The average Bonchev–Trinajstić information content (AvgIpc) is 2.15. The van der Waals surface area contributed by atoms with Crippen LogP contribution < -0.4 is 0 Å². The van der Waals surface area contributed by atoms with Crippen LogP contribution in [0.15, 0.2) is 24.3 Å². The van der Waals surface area contributed by atoms with Gasteiger partial charge in [0, 0.05) is 12.5 Å². The first-order valence-corrected chi connectivity index (χ1v) is 3.99. The van der Waals surface area contributed by atoms with Crippen molar-refractivity contribution in [3.63, 3.8) is 0 Å². The van der Waals surface area contributed by atoms with Crippen molar-refractivity contribution in [3.8, 4) is 0 Å². The normalized spacial score (nSPS) is 13.4. The van der Waals surface area contributed by atoms with Crippen molar-refractivity contribution < 1.29 is 13.2 Å². The second kappa shape index (κ2) is 3.70. The lowest BCUT2D eigenvalue weighted by atomic mass is 10.0. The second-order valence-electron chi connectivity index (χ2n) is 2.89. The van der Waals surface area contributed by atoms with Crippen LogP contribution in [0.5, 0.6) is 0 Å². The van der Waals surface area contributed by atoms with Crippen molar-refractivity contribution in [3.05, 3.63) is 46.8 Å². The van der Waals surface area contributed by atoms with E-state index >= 15 is 0 Å². The summed E-state index contributed by atoms with van der Waals surface area (Å²) in [5.74, 6) is 0. The molecule has 1 atom stereocenters. The molecule has 1 nitrogen and oxygen atoms in total. The average molecular weight is 199 g/mol. The SMILES string of the molecule is [C-]#[N+]C(C)c1ccccc1C(F)(F)F. The molecule has 0 spiro atoms. The van der Waals surface area contributed by atoms with Crippen LogP contribution in [0.2, 0.25) is 0 Å². The van der Waals surface area contributed by atoms with E-state index in [1.807, 2.05) is 0 Å². The molecule has 0 fully saturated rings. The molecule has 74 valence electrons. The predicted molar refractivity (Wildman–Crippen MR) is 46.5 cm³/mol. The highest BCUT2D eigenvalue weighted by atomic mass is 19.4. The Bertz CT molecular complexity index is 362. The van der Waals surface area contributed by atoms with Gasteiger partial charge in [-0.15, -0.1) is 0 Å². The Kier molecular flexibility index (Phi) is 2.80. The fourth-order valence-corrected chi connectivity index (χ4v) is 1.19. The third-order valence-corrected chi connectivity index (χ3v) is 1.91. The quantitative estimate of drug-likeness (QED) is 0.607. The summed E-state index contributed by atoms with van der Waals surface area (Å²) in [7, 11) is 0.